The van der Waals surface area contributed by atoms with Crippen LogP contribution in [-0.2, 0) is 11.3 Å². The van der Waals surface area contributed by atoms with E-state index in [0.29, 0.717) is 41.8 Å². The first-order valence-corrected chi connectivity index (χ1v) is 14.3. The van der Waals surface area contributed by atoms with Gasteiger partial charge < -0.3 is 19.9 Å². The molecule has 2 unspecified atom stereocenters. The maximum Gasteiger partial charge on any atom is 0.310 e. The second-order valence-corrected chi connectivity index (χ2v) is 12.9. The molecule has 0 bridgehead atoms. The van der Waals surface area contributed by atoms with Crippen molar-refractivity contribution in [3.8, 4) is 0 Å². The summed E-state index contributed by atoms with van der Waals surface area (Å²) in [6, 6.07) is 3.07. The van der Waals surface area contributed by atoms with Crippen LogP contribution in [-0.4, -0.2) is 39.4 Å². The van der Waals surface area contributed by atoms with Crippen molar-refractivity contribution in [2.45, 2.75) is 103 Å². The highest BCUT2D eigenvalue weighted by Gasteiger charge is 2.62. The highest BCUT2D eigenvalue weighted by molar-refractivity contribution is 5.90. The Bertz CT molecular complexity index is 995. The Morgan fingerprint density at radius 3 is 2.57 bits per heavy atom. The fraction of sp³-hybridized carbons (Fsp3) is 0.793. The number of rotatable bonds is 7. The van der Waals surface area contributed by atoms with E-state index in [4.69, 9.17) is 9.62 Å². The van der Waals surface area contributed by atoms with Gasteiger partial charge in [-0.1, -0.05) is 13.8 Å². The first-order chi connectivity index (χ1) is 17.7. The zero-order chi connectivity index (χ0) is 26.4. The first-order valence-electron chi connectivity index (χ1n) is 14.3. The summed E-state index contributed by atoms with van der Waals surface area (Å²) in [5, 5.41) is 33.2. The normalized spacial score (nSPS) is 40.8. The van der Waals surface area contributed by atoms with E-state index in [1.807, 2.05) is 0 Å². The number of hydroxylamine groups is 1. The van der Waals surface area contributed by atoms with Crippen molar-refractivity contribution in [1.82, 2.24) is 10.8 Å². The minimum Gasteiger partial charge on any atom is -0.454 e. The molecule has 4 aliphatic rings. The van der Waals surface area contributed by atoms with E-state index in [-0.39, 0.29) is 41.3 Å². The summed E-state index contributed by atoms with van der Waals surface area (Å²) in [4.78, 5) is 23.8. The number of hydrogen-bond acceptors (Lipinski definition) is 6. The molecule has 8 nitrogen and oxygen atoms in total. The van der Waals surface area contributed by atoms with Crippen molar-refractivity contribution in [3.63, 3.8) is 0 Å². The highest BCUT2D eigenvalue weighted by Crippen LogP contribution is 2.67. The molecule has 9 atom stereocenters. The van der Waals surface area contributed by atoms with Gasteiger partial charge >= 0.3 is 5.91 Å². The number of fused-ring (bicyclic) bond motifs is 5. The van der Waals surface area contributed by atoms with Crippen LogP contribution in [0.5, 0.6) is 0 Å². The molecule has 5 rings (SSSR count). The Hall–Kier alpha value is -1.90. The van der Waals surface area contributed by atoms with E-state index in [9.17, 15) is 19.8 Å². The number of aliphatic hydroxyl groups excluding tert-OH is 2. The standard InChI is InChI=1S/C29H44N2O6/c1-28-13-11-22-26(23(33)15-18-14-19(32)10-12-29(18,22)2)21(28)8-6-17(28)4-3-5-25(34)30-16-20-7-9-24(37-20)27(35)31-36/h7,9,17-19,21-23,26,32-33,36H,3-6,8,10-16H2,1-2H3,(H,30,34)(H,31,35)/t17-,18-,19+,21-,22?,23-,26-,28?,29-/m0/s1. The molecule has 1 heterocycles. The number of carbonyl (C=O) groups is 2. The first kappa shape index (κ1) is 26.7. The van der Waals surface area contributed by atoms with Crippen molar-refractivity contribution in [3.05, 3.63) is 23.7 Å². The molecule has 0 radical (unpaired) electrons. The topological polar surface area (TPSA) is 132 Å². The molecule has 206 valence electrons. The zero-order valence-electron chi connectivity index (χ0n) is 22.2. The summed E-state index contributed by atoms with van der Waals surface area (Å²) >= 11 is 0. The van der Waals surface area contributed by atoms with Gasteiger partial charge in [0.25, 0.3) is 0 Å². The molecule has 4 saturated carbocycles. The van der Waals surface area contributed by atoms with Crippen molar-refractivity contribution < 1.29 is 29.4 Å². The average Bonchev–Trinajstić information content (AvgIpc) is 3.48. The third-order valence-electron chi connectivity index (χ3n) is 11.3. The molecule has 5 N–H and O–H groups in total. The molecule has 0 aromatic carbocycles. The summed E-state index contributed by atoms with van der Waals surface area (Å²) in [5.74, 6) is 2.21. The van der Waals surface area contributed by atoms with Crippen molar-refractivity contribution in [2.75, 3.05) is 0 Å². The highest BCUT2D eigenvalue weighted by atomic mass is 16.5. The van der Waals surface area contributed by atoms with Crippen LogP contribution in [0.4, 0.5) is 0 Å². The summed E-state index contributed by atoms with van der Waals surface area (Å²) in [6.45, 7) is 5.11. The molecular formula is C29H44N2O6. The zero-order valence-corrected chi connectivity index (χ0v) is 22.2. The minimum absolute atomic E-state index is 0.000761. The van der Waals surface area contributed by atoms with Gasteiger partial charge in [0.2, 0.25) is 5.91 Å². The number of hydrogen-bond donors (Lipinski definition) is 5. The van der Waals surface area contributed by atoms with E-state index in [0.717, 1.165) is 38.5 Å². The Kier molecular flexibility index (Phi) is 7.46. The Morgan fingerprint density at radius 1 is 1.03 bits per heavy atom. The lowest BCUT2D eigenvalue weighted by Gasteiger charge is -2.62. The van der Waals surface area contributed by atoms with Crippen LogP contribution in [0, 0.1) is 40.4 Å². The quantitative estimate of drug-likeness (QED) is 0.273. The number of amides is 2. The van der Waals surface area contributed by atoms with Crippen LogP contribution in [0.2, 0.25) is 0 Å². The third kappa shape index (κ3) is 4.85. The second-order valence-electron chi connectivity index (χ2n) is 12.9. The number of furan rings is 1. The monoisotopic (exact) mass is 516 g/mol. The van der Waals surface area contributed by atoms with Gasteiger partial charge in [-0.15, -0.1) is 0 Å². The average molecular weight is 517 g/mol. The smallest absolute Gasteiger partial charge is 0.310 e. The van der Waals surface area contributed by atoms with Crippen LogP contribution >= 0.6 is 0 Å². The van der Waals surface area contributed by atoms with E-state index in [1.165, 1.54) is 37.2 Å². The van der Waals surface area contributed by atoms with Gasteiger partial charge in [0.1, 0.15) is 5.76 Å². The van der Waals surface area contributed by atoms with E-state index < -0.39 is 5.91 Å². The molecule has 1 aromatic heterocycles. The van der Waals surface area contributed by atoms with Crippen LogP contribution in [0.1, 0.15) is 101 Å². The molecule has 8 heteroatoms. The van der Waals surface area contributed by atoms with Crippen molar-refractivity contribution in [2.24, 2.45) is 40.4 Å². The van der Waals surface area contributed by atoms with Gasteiger partial charge in [-0.25, -0.2) is 5.48 Å². The van der Waals surface area contributed by atoms with Crippen molar-refractivity contribution >= 4 is 11.8 Å². The number of carbonyl (C=O) groups excluding carboxylic acids is 2. The van der Waals surface area contributed by atoms with E-state index >= 15 is 0 Å². The lowest BCUT2D eigenvalue weighted by Crippen LogP contribution is -2.58. The fourth-order valence-corrected chi connectivity index (χ4v) is 9.22. The maximum atomic E-state index is 12.4. The Morgan fingerprint density at radius 2 is 1.78 bits per heavy atom. The summed E-state index contributed by atoms with van der Waals surface area (Å²) in [5.41, 5.74) is 2.00. The Balaban J connectivity index is 1.14. The molecule has 0 aliphatic heterocycles. The van der Waals surface area contributed by atoms with Crippen molar-refractivity contribution in [1.29, 1.82) is 0 Å². The largest absolute Gasteiger partial charge is 0.454 e. The molecule has 4 fully saturated rings. The van der Waals surface area contributed by atoms with Crippen LogP contribution in [0.25, 0.3) is 0 Å². The van der Waals surface area contributed by atoms with Gasteiger partial charge in [-0.3, -0.25) is 14.8 Å². The van der Waals surface area contributed by atoms with Crippen LogP contribution in [0.3, 0.4) is 0 Å². The maximum absolute atomic E-state index is 12.4. The molecule has 0 saturated heterocycles. The van der Waals surface area contributed by atoms with Gasteiger partial charge in [0, 0.05) is 6.42 Å². The predicted octanol–water partition coefficient (Wildman–Crippen LogP) is 4.18. The number of nitrogens with one attached hydrogen (secondary N) is 2. The van der Waals surface area contributed by atoms with Crippen LogP contribution in [0.15, 0.2) is 16.5 Å². The third-order valence-corrected chi connectivity index (χ3v) is 11.3. The summed E-state index contributed by atoms with van der Waals surface area (Å²) < 4.78 is 5.32. The summed E-state index contributed by atoms with van der Waals surface area (Å²) in [7, 11) is 0. The molecular weight excluding hydrogens is 472 g/mol. The number of aliphatic hydroxyl groups is 2. The Labute approximate surface area is 219 Å². The second kappa shape index (κ2) is 10.3. The van der Waals surface area contributed by atoms with Crippen LogP contribution < -0.4 is 10.8 Å². The fourth-order valence-electron chi connectivity index (χ4n) is 9.22. The van der Waals surface area contributed by atoms with Gasteiger partial charge in [0.15, 0.2) is 5.76 Å². The molecule has 0 spiro atoms. The minimum atomic E-state index is -0.720. The van der Waals surface area contributed by atoms with Gasteiger partial charge in [-0.05, 0) is 117 Å². The lowest BCUT2D eigenvalue weighted by molar-refractivity contribution is -0.172. The van der Waals surface area contributed by atoms with E-state index in [2.05, 4.69) is 19.2 Å². The lowest BCUT2D eigenvalue weighted by atomic mass is 9.44. The summed E-state index contributed by atoms with van der Waals surface area (Å²) in [6.07, 6.45) is 10.3. The SMILES string of the molecule is CC12CCC3[C@@H]([C@@H](O)C[C@@H]4C[C@H](O)CC[C@]34C)[C@@H]1CC[C@@H]2CCCC(=O)NCc1ccc(C(=O)NO)o1. The van der Waals surface area contributed by atoms with E-state index in [1.54, 1.807) is 6.07 Å². The van der Waals surface area contributed by atoms with Gasteiger partial charge in [-0.2, -0.15) is 0 Å². The van der Waals surface area contributed by atoms with Gasteiger partial charge in [0.05, 0.1) is 18.8 Å². The predicted molar refractivity (Wildman–Crippen MR) is 136 cm³/mol. The molecule has 4 aliphatic carbocycles. The molecule has 2 amide bonds. The molecule has 1 aromatic rings. The molecule has 37 heavy (non-hydrogen) atoms.